The van der Waals surface area contributed by atoms with Gasteiger partial charge in [-0.15, -0.1) is 0 Å². The van der Waals surface area contributed by atoms with Crippen LogP contribution >= 0.6 is 15.9 Å². The molecule has 0 radical (unpaired) electrons. The Morgan fingerprint density at radius 3 is 2.76 bits per heavy atom. The molecule has 0 saturated carbocycles. The number of hydrogen-bond acceptors (Lipinski definition) is 5. The highest BCUT2D eigenvalue weighted by Crippen LogP contribution is 2.25. The van der Waals surface area contributed by atoms with Crippen LogP contribution in [0.5, 0.6) is 0 Å². The van der Waals surface area contributed by atoms with Gasteiger partial charge in [0.05, 0.1) is 6.07 Å². The molecule has 0 aliphatic heterocycles. The van der Waals surface area contributed by atoms with Crippen molar-refractivity contribution < 1.29 is 22.7 Å². The Morgan fingerprint density at radius 1 is 1.65 bits per heavy atom. The fraction of sp³-hybridized carbons (Fsp3) is 0.250. The highest BCUT2D eigenvalue weighted by Gasteiger charge is 2.24. The molecule has 1 aromatic rings. The van der Waals surface area contributed by atoms with E-state index in [1.54, 1.807) is 6.07 Å². The van der Waals surface area contributed by atoms with Crippen molar-refractivity contribution in [3.05, 3.63) is 16.5 Å². The minimum atomic E-state index is -3.88. The van der Waals surface area contributed by atoms with Gasteiger partial charge in [0.2, 0.25) is 15.8 Å². The van der Waals surface area contributed by atoms with Gasteiger partial charge in [-0.2, -0.15) is 5.26 Å². The van der Waals surface area contributed by atoms with Crippen molar-refractivity contribution in [2.75, 3.05) is 6.54 Å². The SMILES string of the molecule is N#CCCNS(=O)(=O)c1cc(C(=O)O)oc1Br. The van der Waals surface area contributed by atoms with Crippen molar-refractivity contribution in [1.82, 2.24) is 4.72 Å². The molecule has 0 aromatic carbocycles. The molecule has 0 saturated heterocycles. The van der Waals surface area contributed by atoms with Gasteiger partial charge in [0.1, 0.15) is 4.90 Å². The Balaban J connectivity index is 2.99. The number of halogens is 1. The Labute approximate surface area is 105 Å². The number of nitriles is 1. The van der Waals surface area contributed by atoms with Gasteiger partial charge < -0.3 is 9.52 Å². The smallest absolute Gasteiger partial charge is 0.371 e. The molecule has 0 spiro atoms. The number of rotatable bonds is 5. The third-order valence-electron chi connectivity index (χ3n) is 1.68. The first-order chi connectivity index (χ1) is 7.88. The predicted octanol–water partition coefficient (Wildman–Crippen LogP) is 0.932. The Hall–Kier alpha value is -1.37. The quantitative estimate of drug-likeness (QED) is 0.778. The number of carboxylic acid groups (broad SMARTS) is 1. The first kappa shape index (κ1) is 13.7. The molecule has 9 heteroatoms. The van der Waals surface area contributed by atoms with Gasteiger partial charge in [-0.3, -0.25) is 0 Å². The molecular weight excluding hydrogens is 316 g/mol. The van der Waals surface area contributed by atoms with Crippen LogP contribution in [0.1, 0.15) is 17.0 Å². The van der Waals surface area contributed by atoms with Crippen LogP contribution in [0.15, 0.2) is 20.0 Å². The van der Waals surface area contributed by atoms with E-state index in [9.17, 15) is 13.2 Å². The van der Waals surface area contributed by atoms with Gasteiger partial charge in [-0.25, -0.2) is 17.9 Å². The van der Waals surface area contributed by atoms with E-state index in [1.807, 2.05) is 0 Å². The van der Waals surface area contributed by atoms with E-state index >= 15 is 0 Å². The van der Waals surface area contributed by atoms with E-state index in [0.29, 0.717) is 0 Å². The lowest BCUT2D eigenvalue weighted by Crippen LogP contribution is -2.24. The van der Waals surface area contributed by atoms with Gasteiger partial charge in [0, 0.05) is 19.0 Å². The molecule has 0 atom stereocenters. The van der Waals surface area contributed by atoms with Crippen LogP contribution in [0.25, 0.3) is 0 Å². The minimum absolute atomic E-state index is 0.0144. The molecule has 0 unspecified atom stereocenters. The predicted molar refractivity (Wildman–Crippen MR) is 58.8 cm³/mol. The molecule has 1 aromatic heterocycles. The molecule has 92 valence electrons. The number of carbonyl (C=O) groups is 1. The van der Waals surface area contributed by atoms with Crippen LogP contribution in [0, 0.1) is 11.3 Å². The summed E-state index contributed by atoms with van der Waals surface area (Å²) in [7, 11) is -3.88. The van der Waals surface area contributed by atoms with Crippen LogP contribution in [0.4, 0.5) is 0 Å². The molecule has 0 aliphatic rings. The normalized spacial score (nSPS) is 11.1. The van der Waals surface area contributed by atoms with E-state index < -0.39 is 21.8 Å². The second-order valence-corrected chi connectivity index (χ2v) is 5.32. The average Bonchev–Trinajstić information content (AvgIpc) is 2.61. The summed E-state index contributed by atoms with van der Waals surface area (Å²) < 4.78 is 30.0. The molecule has 2 N–H and O–H groups in total. The van der Waals surface area contributed by atoms with E-state index in [1.165, 1.54) is 0 Å². The van der Waals surface area contributed by atoms with Crippen LogP contribution in [0.3, 0.4) is 0 Å². The zero-order chi connectivity index (χ0) is 13.1. The number of nitrogens with zero attached hydrogens (tertiary/aromatic N) is 1. The average molecular weight is 323 g/mol. The molecule has 17 heavy (non-hydrogen) atoms. The maximum Gasteiger partial charge on any atom is 0.371 e. The fourth-order valence-corrected chi connectivity index (χ4v) is 2.93. The van der Waals surface area contributed by atoms with Crippen molar-refractivity contribution >= 4 is 31.9 Å². The standard InChI is InChI=1S/C8H7BrN2O5S/c9-7-6(4-5(16-7)8(12)13)17(14,15)11-3-1-2-10/h4,11H,1,3H2,(H,12,13). The number of aromatic carboxylic acids is 1. The van der Waals surface area contributed by atoms with Gasteiger partial charge in [0.15, 0.2) is 4.67 Å². The lowest BCUT2D eigenvalue weighted by atomic mass is 10.5. The van der Waals surface area contributed by atoms with E-state index in [2.05, 4.69) is 20.7 Å². The summed E-state index contributed by atoms with van der Waals surface area (Å²) >= 11 is 2.82. The summed E-state index contributed by atoms with van der Waals surface area (Å²) in [6, 6.07) is 2.66. The van der Waals surface area contributed by atoms with Crippen molar-refractivity contribution in [1.29, 1.82) is 5.26 Å². The maximum absolute atomic E-state index is 11.7. The van der Waals surface area contributed by atoms with Gasteiger partial charge in [0.25, 0.3) is 0 Å². The zero-order valence-electron chi connectivity index (χ0n) is 8.31. The van der Waals surface area contributed by atoms with Crippen molar-refractivity contribution in [3.8, 4) is 6.07 Å². The molecule has 0 fully saturated rings. The largest absolute Gasteiger partial charge is 0.475 e. The monoisotopic (exact) mass is 322 g/mol. The molecule has 1 rings (SSSR count). The molecular formula is C8H7BrN2O5S. The molecule has 7 nitrogen and oxygen atoms in total. The Kier molecular flexibility index (Phi) is 4.28. The van der Waals surface area contributed by atoms with E-state index in [0.717, 1.165) is 6.07 Å². The van der Waals surface area contributed by atoms with Gasteiger partial charge in [-0.1, -0.05) is 0 Å². The number of sulfonamides is 1. The molecule has 1 heterocycles. The van der Waals surface area contributed by atoms with Crippen LogP contribution in [0.2, 0.25) is 0 Å². The molecule has 0 bridgehead atoms. The maximum atomic E-state index is 11.7. The second-order valence-electron chi connectivity index (χ2n) is 2.86. The number of furan rings is 1. The minimum Gasteiger partial charge on any atom is -0.475 e. The summed E-state index contributed by atoms with van der Waals surface area (Å²) in [5.74, 6) is -1.86. The van der Waals surface area contributed by atoms with Gasteiger partial charge in [-0.05, 0) is 15.9 Å². The van der Waals surface area contributed by atoms with Crippen molar-refractivity contribution in [2.24, 2.45) is 0 Å². The first-order valence-electron chi connectivity index (χ1n) is 4.27. The third kappa shape index (κ3) is 3.29. The summed E-state index contributed by atoms with van der Waals surface area (Å²) in [6.45, 7) is -0.0567. The summed E-state index contributed by atoms with van der Waals surface area (Å²) in [4.78, 5) is 10.3. The highest BCUT2D eigenvalue weighted by atomic mass is 79.9. The lowest BCUT2D eigenvalue weighted by Gasteiger charge is -2.01. The topological polar surface area (TPSA) is 120 Å². The fourth-order valence-electron chi connectivity index (χ4n) is 0.960. The Bertz CT molecular complexity index is 571. The molecule has 0 aliphatic carbocycles. The summed E-state index contributed by atoms with van der Waals surface area (Å²) in [6.07, 6.45) is 0.0144. The third-order valence-corrected chi connectivity index (χ3v) is 4.00. The number of carboxylic acids is 1. The van der Waals surface area contributed by atoms with Gasteiger partial charge >= 0.3 is 5.97 Å². The van der Waals surface area contributed by atoms with Crippen LogP contribution < -0.4 is 4.72 Å². The molecule has 0 amide bonds. The Morgan fingerprint density at radius 2 is 2.29 bits per heavy atom. The summed E-state index contributed by atoms with van der Waals surface area (Å²) in [5.41, 5.74) is 0. The van der Waals surface area contributed by atoms with Crippen molar-refractivity contribution in [3.63, 3.8) is 0 Å². The highest BCUT2D eigenvalue weighted by molar-refractivity contribution is 9.10. The number of nitrogens with one attached hydrogen (secondary N) is 1. The first-order valence-corrected chi connectivity index (χ1v) is 6.55. The lowest BCUT2D eigenvalue weighted by molar-refractivity contribution is 0.0661. The van der Waals surface area contributed by atoms with E-state index in [4.69, 9.17) is 14.8 Å². The van der Waals surface area contributed by atoms with E-state index in [-0.39, 0.29) is 22.5 Å². The van der Waals surface area contributed by atoms with Crippen molar-refractivity contribution in [2.45, 2.75) is 11.3 Å². The summed E-state index contributed by atoms with van der Waals surface area (Å²) in [5, 5.41) is 16.9. The van der Waals surface area contributed by atoms with Crippen LogP contribution in [-0.4, -0.2) is 26.0 Å². The second kappa shape index (κ2) is 5.31. The number of hydrogen-bond donors (Lipinski definition) is 2. The van der Waals surface area contributed by atoms with Crippen LogP contribution in [-0.2, 0) is 10.0 Å². The zero-order valence-corrected chi connectivity index (χ0v) is 10.7.